The fraction of sp³-hybridized carbons (Fsp3) is 0.500. The first-order chi connectivity index (χ1) is 11.0. The lowest BCUT2D eigenvalue weighted by atomic mass is 10.1. The number of nitrogens with two attached hydrogens (primary N) is 1. The Morgan fingerprint density at radius 2 is 1.83 bits per heavy atom. The molecule has 126 valence electrons. The molecule has 2 amide bonds. The highest BCUT2D eigenvalue weighted by Crippen LogP contribution is 2.15. The highest BCUT2D eigenvalue weighted by molar-refractivity contribution is 5.94. The summed E-state index contributed by atoms with van der Waals surface area (Å²) in [6.07, 6.45) is -0.356. The van der Waals surface area contributed by atoms with Crippen molar-refractivity contribution in [3.63, 3.8) is 0 Å². The van der Waals surface area contributed by atoms with Gasteiger partial charge in [-0.05, 0) is 31.2 Å². The van der Waals surface area contributed by atoms with E-state index in [-0.39, 0.29) is 18.6 Å². The molecule has 1 saturated heterocycles. The van der Waals surface area contributed by atoms with Crippen LogP contribution in [0.1, 0.15) is 17.3 Å². The largest absolute Gasteiger partial charge is 0.484 e. The smallest absolute Gasteiger partial charge is 0.255 e. The van der Waals surface area contributed by atoms with Crippen LogP contribution in [-0.4, -0.2) is 72.2 Å². The number of amides is 2. The van der Waals surface area contributed by atoms with E-state index < -0.39 is 5.91 Å². The fourth-order valence-electron chi connectivity index (χ4n) is 2.54. The van der Waals surface area contributed by atoms with Crippen LogP contribution in [0.5, 0.6) is 5.75 Å². The van der Waals surface area contributed by atoms with Crippen LogP contribution in [-0.2, 0) is 4.79 Å². The van der Waals surface area contributed by atoms with E-state index in [0.29, 0.717) is 30.9 Å². The monoisotopic (exact) mass is 321 g/mol. The summed E-state index contributed by atoms with van der Waals surface area (Å²) in [4.78, 5) is 27.1. The molecular weight excluding hydrogens is 298 g/mol. The number of hydrogen-bond acceptors (Lipinski definition) is 5. The minimum Gasteiger partial charge on any atom is -0.484 e. The molecule has 0 radical (unpaired) electrons. The standard InChI is InChI=1S/C16H23N3O4/c1-12(20)10-18-6-8-19(9-7-18)16(22)13-2-4-14(5-3-13)23-11-15(17)21/h2-5,12,20H,6-11H2,1H3,(H2,17,21)/t12-/m0/s1. The number of aliphatic hydroxyl groups excluding tert-OH is 1. The van der Waals surface area contributed by atoms with Crippen LogP contribution in [0.4, 0.5) is 0 Å². The van der Waals surface area contributed by atoms with E-state index in [1.807, 2.05) is 0 Å². The molecule has 0 unspecified atom stereocenters. The predicted octanol–water partition coefficient (Wildman–Crippen LogP) is -0.311. The Morgan fingerprint density at radius 1 is 1.22 bits per heavy atom. The Kier molecular flexibility index (Phi) is 5.95. The quantitative estimate of drug-likeness (QED) is 0.749. The maximum Gasteiger partial charge on any atom is 0.255 e. The van der Waals surface area contributed by atoms with Crippen LogP contribution >= 0.6 is 0 Å². The van der Waals surface area contributed by atoms with E-state index in [1.165, 1.54) is 0 Å². The molecule has 23 heavy (non-hydrogen) atoms. The van der Waals surface area contributed by atoms with Crippen LogP contribution in [0.2, 0.25) is 0 Å². The maximum atomic E-state index is 12.4. The average molecular weight is 321 g/mol. The Labute approximate surface area is 135 Å². The lowest BCUT2D eigenvalue weighted by Gasteiger charge is -2.35. The topological polar surface area (TPSA) is 96.1 Å². The van der Waals surface area contributed by atoms with Crippen molar-refractivity contribution in [1.29, 1.82) is 0 Å². The Morgan fingerprint density at radius 3 is 2.35 bits per heavy atom. The van der Waals surface area contributed by atoms with Crippen molar-refractivity contribution in [2.24, 2.45) is 5.73 Å². The molecule has 3 N–H and O–H groups in total. The van der Waals surface area contributed by atoms with Gasteiger partial charge in [-0.1, -0.05) is 0 Å². The van der Waals surface area contributed by atoms with Gasteiger partial charge in [0.2, 0.25) is 0 Å². The van der Waals surface area contributed by atoms with Crippen LogP contribution < -0.4 is 10.5 Å². The van der Waals surface area contributed by atoms with Gasteiger partial charge in [0.1, 0.15) is 5.75 Å². The van der Waals surface area contributed by atoms with E-state index in [0.717, 1.165) is 13.1 Å². The summed E-state index contributed by atoms with van der Waals surface area (Å²) in [5, 5.41) is 9.40. The number of piperazine rings is 1. The van der Waals surface area contributed by atoms with E-state index in [9.17, 15) is 14.7 Å². The van der Waals surface area contributed by atoms with Gasteiger partial charge in [0.05, 0.1) is 6.10 Å². The summed E-state index contributed by atoms with van der Waals surface area (Å²) in [7, 11) is 0. The fourth-order valence-corrected chi connectivity index (χ4v) is 2.54. The first-order valence-corrected chi connectivity index (χ1v) is 7.66. The number of ether oxygens (including phenoxy) is 1. The molecule has 7 heteroatoms. The van der Waals surface area contributed by atoms with Gasteiger partial charge in [-0.3, -0.25) is 14.5 Å². The molecular formula is C16H23N3O4. The molecule has 0 spiro atoms. The van der Waals surface area contributed by atoms with Gasteiger partial charge < -0.3 is 20.5 Å². The number of nitrogens with zero attached hydrogens (tertiary/aromatic N) is 2. The van der Waals surface area contributed by atoms with Crippen molar-refractivity contribution in [1.82, 2.24) is 9.80 Å². The number of aliphatic hydroxyl groups is 1. The first kappa shape index (κ1) is 17.2. The van der Waals surface area contributed by atoms with Crippen molar-refractivity contribution in [3.05, 3.63) is 29.8 Å². The van der Waals surface area contributed by atoms with Crippen LogP contribution in [0.15, 0.2) is 24.3 Å². The van der Waals surface area contributed by atoms with Crippen LogP contribution in [0.25, 0.3) is 0 Å². The summed E-state index contributed by atoms with van der Waals surface area (Å²) in [5.41, 5.74) is 5.60. The molecule has 0 aromatic heterocycles. The Hall–Kier alpha value is -2.12. The summed E-state index contributed by atoms with van der Waals surface area (Å²) in [5.74, 6) is -0.0644. The highest BCUT2D eigenvalue weighted by Gasteiger charge is 2.22. The molecule has 7 nitrogen and oxygen atoms in total. The molecule has 1 heterocycles. The van der Waals surface area contributed by atoms with E-state index in [1.54, 1.807) is 36.1 Å². The molecule has 1 aliphatic heterocycles. The number of benzene rings is 1. The van der Waals surface area contributed by atoms with Gasteiger partial charge in [-0.25, -0.2) is 0 Å². The van der Waals surface area contributed by atoms with Crippen molar-refractivity contribution in [2.45, 2.75) is 13.0 Å². The third-order valence-corrected chi connectivity index (χ3v) is 3.66. The highest BCUT2D eigenvalue weighted by atomic mass is 16.5. The van der Waals surface area contributed by atoms with Crippen molar-refractivity contribution < 1.29 is 19.4 Å². The summed E-state index contributed by atoms with van der Waals surface area (Å²) >= 11 is 0. The maximum absolute atomic E-state index is 12.4. The molecule has 1 aromatic rings. The van der Waals surface area contributed by atoms with Gasteiger partial charge >= 0.3 is 0 Å². The Balaban J connectivity index is 1.87. The molecule has 0 saturated carbocycles. The number of carbonyl (C=O) groups excluding carboxylic acids is 2. The predicted molar refractivity (Wildman–Crippen MR) is 85.2 cm³/mol. The van der Waals surface area contributed by atoms with Gasteiger partial charge in [0, 0.05) is 38.3 Å². The zero-order chi connectivity index (χ0) is 16.8. The lowest BCUT2D eigenvalue weighted by Crippen LogP contribution is -2.50. The summed E-state index contributed by atoms with van der Waals surface area (Å²) < 4.78 is 5.17. The summed E-state index contributed by atoms with van der Waals surface area (Å²) in [6, 6.07) is 6.67. The van der Waals surface area contributed by atoms with Crippen molar-refractivity contribution >= 4 is 11.8 Å². The lowest BCUT2D eigenvalue weighted by molar-refractivity contribution is -0.119. The molecule has 1 aliphatic rings. The molecule has 0 bridgehead atoms. The van der Waals surface area contributed by atoms with Gasteiger partial charge in [-0.2, -0.15) is 0 Å². The van der Waals surface area contributed by atoms with E-state index >= 15 is 0 Å². The third-order valence-electron chi connectivity index (χ3n) is 3.66. The van der Waals surface area contributed by atoms with E-state index in [4.69, 9.17) is 10.5 Å². The molecule has 1 fully saturated rings. The molecule has 1 aromatic carbocycles. The van der Waals surface area contributed by atoms with Crippen LogP contribution in [0, 0.1) is 0 Å². The molecule has 1 atom stereocenters. The average Bonchev–Trinajstić information content (AvgIpc) is 2.53. The van der Waals surface area contributed by atoms with Crippen molar-refractivity contribution in [3.8, 4) is 5.75 Å². The van der Waals surface area contributed by atoms with Crippen LogP contribution in [0.3, 0.4) is 0 Å². The summed E-state index contributed by atoms with van der Waals surface area (Å²) in [6.45, 7) is 5.02. The zero-order valence-corrected chi connectivity index (χ0v) is 13.3. The zero-order valence-electron chi connectivity index (χ0n) is 13.3. The number of primary amides is 1. The number of hydrogen-bond donors (Lipinski definition) is 2. The number of rotatable bonds is 6. The molecule has 0 aliphatic carbocycles. The first-order valence-electron chi connectivity index (χ1n) is 7.66. The second-order valence-electron chi connectivity index (χ2n) is 5.72. The van der Waals surface area contributed by atoms with E-state index in [2.05, 4.69) is 4.90 Å². The minimum atomic E-state index is -0.541. The molecule has 2 rings (SSSR count). The Bertz CT molecular complexity index is 537. The normalized spacial score (nSPS) is 16.9. The van der Waals surface area contributed by atoms with Gasteiger partial charge in [0.25, 0.3) is 11.8 Å². The number of β-amino-alcohol motifs (C(OH)–C–C–N with tert-alkyl or cyclic N) is 1. The minimum absolute atomic E-state index is 0.0249. The second kappa shape index (κ2) is 7.94. The second-order valence-corrected chi connectivity index (χ2v) is 5.72. The third kappa shape index (κ3) is 5.22. The van der Waals surface area contributed by atoms with Gasteiger partial charge in [0.15, 0.2) is 6.61 Å². The number of carbonyl (C=O) groups is 2. The van der Waals surface area contributed by atoms with Gasteiger partial charge in [-0.15, -0.1) is 0 Å². The van der Waals surface area contributed by atoms with Crippen molar-refractivity contribution in [2.75, 3.05) is 39.3 Å². The SMILES string of the molecule is C[C@H](O)CN1CCN(C(=O)c2ccc(OCC(N)=O)cc2)CC1.